The number of methoxy groups -OCH3 is 1. The summed E-state index contributed by atoms with van der Waals surface area (Å²) >= 11 is 0. The molecular formula is C15H14F3NO8. The number of halogens is 3. The SMILES string of the molecule is COc1cc(O)cc2oc(=O)cc(C[C@H]([NH3+])C(=O)O)c12.O=C([O-])C(F)(F)F. The maximum absolute atomic E-state index is 11.5. The fourth-order valence-corrected chi connectivity index (χ4v) is 2.00. The number of hydrogen-bond acceptors (Lipinski definition) is 7. The summed E-state index contributed by atoms with van der Waals surface area (Å²) in [5, 5.41) is 27.7. The highest BCUT2D eigenvalue weighted by Crippen LogP contribution is 2.32. The number of carboxylic acids is 2. The monoisotopic (exact) mass is 393 g/mol. The summed E-state index contributed by atoms with van der Waals surface area (Å²) in [5.41, 5.74) is 3.49. The number of aliphatic carboxylic acids is 2. The van der Waals surface area contributed by atoms with E-state index in [9.17, 15) is 27.9 Å². The van der Waals surface area contributed by atoms with Crippen LogP contribution < -0.4 is 21.2 Å². The van der Waals surface area contributed by atoms with E-state index in [0.717, 1.165) is 0 Å². The molecule has 0 aliphatic carbocycles. The van der Waals surface area contributed by atoms with E-state index in [1.165, 1.54) is 25.3 Å². The maximum atomic E-state index is 11.5. The van der Waals surface area contributed by atoms with Crippen molar-refractivity contribution < 1.29 is 53.0 Å². The van der Waals surface area contributed by atoms with E-state index >= 15 is 0 Å². The highest BCUT2D eigenvalue weighted by atomic mass is 19.4. The molecule has 9 nitrogen and oxygen atoms in total. The highest BCUT2D eigenvalue weighted by molar-refractivity contribution is 5.88. The van der Waals surface area contributed by atoms with E-state index < -0.39 is 29.8 Å². The second-order valence-corrected chi connectivity index (χ2v) is 5.14. The first-order valence-corrected chi connectivity index (χ1v) is 7.04. The van der Waals surface area contributed by atoms with Gasteiger partial charge < -0.3 is 35.0 Å². The zero-order valence-electron chi connectivity index (χ0n) is 13.7. The number of aromatic hydroxyl groups is 1. The van der Waals surface area contributed by atoms with Crippen LogP contribution in [-0.4, -0.2) is 41.5 Å². The van der Waals surface area contributed by atoms with Gasteiger partial charge in [-0.25, -0.2) is 9.59 Å². The second kappa shape index (κ2) is 8.40. The molecule has 0 aliphatic heterocycles. The van der Waals surface area contributed by atoms with Gasteiger partial charge in [-0.3, -0.25) is 0 Å². The quantitative estimate of drug-likeness (QED) is 0.559. The summed E-state index contributed by atoms with van der Waals surface area (Å²) < 4.78 is 41.7. The molecule has 1 atom stereocenters. The number of carboxylic acid groups (broad SMARTS) is 2. The van der Waals surface area contributed by atoms with Gasteiger partial charge in [0.15, 0.2) is 6.04 Å². The van der Waals surface area contributed by atoms with Crippen LogP contribution in [0.4, 0.5) is 13.2 Å². The van der Waals surface area contributed by atoms with E-state index in [2.05, 4.69) is 5.73 Å². The van der Waals surface area contributed by atoms with Crippen LogP contribution in [-0.2, 0) is 16.0 Å². The average molecular weight is 393 g/mol. The molecule has 27 heavy (non-hydrogen) atoms. The maximum Gasteiger partial charge on any atom is 0.430 e. The third-order valence-electron chi connectivity index (χ3n) is 3.14. The van der Waals surface area contributed by atoms with Crippen LogP contribution in [0.1, 0.15) is 5.56 Å². The molecule has 0 unspecified atom stereocenters. The van der Waals surface area contributed by atoms with Crippen LogP contribution in [0.25, 0.3) is 11.0 Å². The standard InChI is InChI=1S/C13H13NO6.C2HF3O2/c1-19-9-4-7(15)5-10-12(9)6(3-11(16)20-10)2-8(14)13(17)18;3-2(4,5)1(6)7/h3-5,8,15H,2,14H2,1H3,(H,17,18);(H,6,7)/t8-;/m0./s1. The first-order chi connectivity index (χ1) is 12.4. The number of carbonyl (C=O) groups is 2. The normalized spacial score (nSPS) is 12.0. The van der Waals surface area contributed by atoms with Crippen molar-refractivity contribution >= 4 is 22.9 Å². The molecule has 0 aliphatic rings. The fraction of sp³-hybridized carbons (Fsp3) is 0.267. The highest BCUT2D eigenvalue weighted by Gasteiger charge is 2.28. The second-order valence-electron chi connectivity index (χ2n) is 5.14. The molecule has 1 heterocycles. The lowest BCUT2D eigenvalue weighted by molar-refractivity contribution is -0.407. The number of alkyl halides is 3. The van der Waals surface area contributed by atoms with Crippen LogP contribution in [0.2, 0.25) is 0 Å². The van der Waals surface area contributed by atoms with Gasteiger partial charge in [0, 0.05) is 24.6 Å². The van der Waals surface area contributed by atoms with Gasteiger partial charge in [-0.15, -0.1) is 0 Å². The summed E-state index contributed by atoms with van der Waals surface area (Å²) in [5.74, 6) is -3.88. The van der Waals surface area contributed by atoms with Crippen LogP contribution in [0.15, 0.2) is 27.4 Å². The van der Waals surface area contributed by atoms with E-state index in [1.54, 1.807) is 0 Å². The number of phenols is 1. The molecule has 1 aromatic heterocycles. The first kappa shape index (κ1) is 21.8. The minimum Gasteiger partial charge on any atom is -0.542 e. The van der Waals surface area contributed by atoms with Crippen molar-refractivity contribution in [1.29, 1.82) is 0 Å². The Labute approximate surface area is 148 Å². The minimum atomic E-state index is -5.19. The topological polar surface area (TPSA) is 165 Å². The molecular weight excluding hydrogens is 379 g/mol. The van der Waals surface area contributed by atoms with Gasteiger partial charge in [0.05, 0.1) is 12.5 Å². The summed E-state index contributed by atoms with van der Waals surface area (Å²) in [7, 11) is 1.40. The third-order valence-corrected chi connectivity index (χ3v) is 3.14. The number of quaternary nitrogens is 1. The molecule has 12 heteroatoms. The van der Waals surface area contributed by atoms with Crippen molar-refractivity contribution in [2.75, 3.05) is 7.11 Å². The number of benzene rings is 1. The number of carbonyl (C=O) groups excluding carboxylic acids is 1. The molecule has 0 radical (unpaired) electrons. The predicted molar refractivity (Wildman–Crippen MR) is 79.8 cm³/mol. The van der Waals surface area contributed by atoms with Crippen LogP contribution in [0, 0.1) is 0 Å². The van der Waals surface area contributed by atoms with Crippen molar-refractivity contribution in [3.8, 4) is 11.5 Å². The molecule has 1 aromatic carbocycles. The Morgan fingerprint density at radius 3 is 2.33 bits per heavy atom. The Bertz CT molecular complexity index is 906. The molecule has 148 valence electrons. The molecule has 0 saturated heterocycles. The van der Waals surface area contributed by atoms with Crippen molar-refractivity contribution in [2.45, 2.75) is 18.6 Å². The molecule has 5 N–H and O–H groups in total. The van der Waals surface area contributed by atoms with Gasteiger partial charge >= 0.3 is 17.8 Å². The van der Waals surface area contributed by atoms with Gasteiger partial charge in [0.2, 0.25) is 0 Å². The van der Waals surface area contributed by atoms with Crippen LogP contribution in [0.5, 0.6) is 11.5 Å². The Morgan fingerprint density at radius 1 is 1.33 bits per heavy atom. The largest absolute Gasteiger partial charge is 0.542 e. The molecule has 0 bridgehead atoms. The zero-order chi connectivity index (χ0) is 20.9. The van der Waals surface area contributed by atoms with E-state index in [-0.39, 0.29) is 17.8 Å². The smallest absolute Gasteiger partial charge is 0.430 e. The number of rotatable bonds is 4. The number of phenolic OH excluding ortho intramolecular Hbond substituents is 1. The molecule has 0 saturated carbocycles. The van der Waals surface area contributed by atoms with Crippen LogP contribution >= 0.6 is 0 Å². The summed E-state index contributed by atoms with van der Waals surface area (Å²) in [6, 6.07) is 2.95. The lowest BCUT2D eigenvalue weighted by Crippen LogP contribution is -2.66. The average Bonchev–Trinajstić information content (AvgIpc) is 2.52. The summed E-state index contributed by atoms with van der Waals surface area (Å²) in [6.45, 7) is 0. The van der Waals surface area contributed by atoms with E-state index in [0.29, 0.717) is 16.7 Å². The zero-order valence-corrected chi connectivity index (χ0v) is 13.7. The fourth-order valence-electron chi connectivity index (χ4n) is 2.00. The van der Waals surface area contributed by atoms with Crippen molar-refractivity contribution in [3.63, 3.8) is 0 Å². The number of fused-ring (bicyclic) bond motifs is 1. The van der Waals surface area contributed by atoms with Crippen LogP contribution in [0.3, 0.4) is 0 Å². The summed E-state index contributed by atoms with van der Waals surface area (Å²) in [6.07, 6.45) is -5.14. The molecule has 2 aromatic rings. The van der Waals surface area contributed by atoms with Gasteiger partial charge in [-0.2, -0.15) is 13.2 Å². The van der Waals surface area contributed by atoms with Gasteiger partial charge in [0.25, 0.3) is 0 Å². The summed E-state index contributed by atoms with van der Waals surface area (Å²) in [4.78, 5) is 31.2. The van der Waals surface area contributed by atoms with Gasteiger partial charge in [-0.05, 0) is 5.56 Å². The minimum absolute atomic E-state index is 0.0541. The molecule has 0 amide bonds. The Morgan fingerprint density at radius 2 is 1.89 bits per heavy atom. The van der Waals surface area contributed by atoms with Gasteiger partial charge in [0.1, 0.15) is 23.1 Å². The lowest BCUT2D eigenvalue weighted by atomic mass is 10.0. The predicted octanol–water partition coefficient (Wildman–Crippen LogP) is -0.957. The first-order valence-electron chi connectivity index (χ1n) is 7.04. The number of hydrogen-bond donors (Lipinski definition) is 3. The Balaban J connectivity index is 0.000000445. The van der Waals surface area contributed by atoms with Crippen molar-refractivity contribution in [1.82, 2.24) is 0 Å². The number of ether oxygens (including phenoxy) is 1. The van der Waals surface area contributed by atoms with Gasteiger partial charge in [-0.1, -0.05) is 0 Å². The van der Waals surface area contributed by atoms with Crippen molar-refractivity contribution in [2.24, 2.45) is 0 Å². The van der Waals surface area contributed by atoms with E-state index in [4.69, 9.17) is 24.2 Å². The Hall–Kier alpha value is -3.28. The van der Waals surface area contributed by atoms with E-state index in [1.807, 2.05) is 0 Å². The molecule has 2 rings (SSSR count). The van der Waals surface area contributed by atoms with Crippen molar-refractivity contribution in [3.05, 3.63) is 34.2 Å². The molecule has 0 spiro atoms. The molecule has 0 fully saturated rings. The lowest BCUT2D eigenvalue weighted by Gasteiger charge is -2.10. The third kappa shape index (κ3) is 5.88. The Kier molecular flexibility index (Phi) is 6.77.